The van der Waals surface area contributed by atoms with Gasteiger partial charge in [-0.25, -0.2) is 4.79 Å². The van der Waals surface area contributed by atoms with E-state index in [0.29, 0.717) is 0 Å². The first kappa shape index (κ1) is 20.5. The van der Waals surface area contributed by atoms with E-state index in [1.165, 1.54) is 48.5 Å². The first-order chi connectivity index (χ1) is 12.4. The van der Waals surface area contributed by atoms with Gasteiger partial charge in [-0.15, -0.1) is 0 Å². The number of ether oxygens (including phenoxy) is 2. The summed E-state index contributed by atoms with van der Waals surface area (Å²) < 4.78 is 9.63. The molecule has 138 valence electrons. The molecule has 0 bridgehead atoms. The van der Waals surface area contributed by atoms with Crippen molar-refractivity contribution in [3.8, 4) is 11.5 Å². The van der Waals surface area contributed by atoms with Gasteiger partial charge in [0.05, 0.1) is 23.1 Å². The van der Waals surface area contributed by atoms with Gasteiger partial charge in [-0.05, 0) is 24.3 Å². The minimum atomic E-state index is -1.07. The molecule has 0 saturated heterocycles. The van der Waals surface area contributed by atoms with Crippen molar-refractivity contribution >= 4 is 17.5 Å². The van der Waals surface area contributed by atoms with E-state index < -0.39 is 16.0 Å². The lowest BCUT2D eigenvalue weighted by Crippen LogP contribution is -2.13. The number of benzene rings is 2. The summed E-state index contributed by atoms with van der Waals surface area (Å²) in [7, 11) is 0. The van der Waals surface area contributed by atoms with Crippen molar-refractivity contribution in [1.29, 1.82) is 0 Å². The molecular weight excluding hydrogens is 352 g/mol. The minimum Gasteiger partial charge on any atom is -0.395 e. The van der Waals surface area contributed by atoms with E-state index >= 15 is 0 Å². The molecule has 11 nitrogen and oxygen atoms in total. The number of hydrogen-bond donors (Lipinski definition) is 2. The number of aliphatic hydroxyl groups excluding tert-OH is 2. The molecule has 0 aliphatic heterocycles. The highest BCUT2D eigenvalue weighted by Crippen LogP contribution is 2.20. The molecule has 2 rings (SSSR count). The number of non-ortho nitro benzene ring substituents is 2. The molecule has 26 heavy (non-hydrogen) atoms. The quantitative estimate of drug-likeness (QED) is 0.349. The number of aliphatic hydroxyl groups is 2. The number of nitro benzene ring substituents is 2. The molecule has 0 radical (unpaired) electrons. The maximum absolute atomic E-state index is 11.5. The number of carbonyl (C=O) groups is 1. The largest absolute Gasteiger partial charge is 0.519 e. The lowest BCUT2D eigenvalue weighted by Gasteiger charge is -2.05. The molecule has 0 fully saturated rings. The Kier molecular flexibility index (Phi) is 8.13. The van der Waals surface area contributed by atoms with Crippen LogP contribution in [0.15, 0.2) is 48.5 Å². The molecule has 0 unspecified atom stereocenters. The Morgan fingerprint density at radius 3 is 1.31 bits per heavy atom. The van der Waals surface area contributed by atoms with Crippen LogP contribution in [0.25, 0.3) is 0 Å². The highest BCUT2D eigenvalue weighted by Gasteiger charge is 2.11. The average Bonchev–Trinajstić information content (AvgIpc) is 2.62. The molecular formula is C15H14N2O9. The second kappa shape index (κ2) is 10.3. The lowest BCUT2D eigenvalue weighted by atomic mass is 10.3. The van der Waals surface area contributed by atoms with Crippen molar-refractivity contribution in [3.05, 3.63) is 68.8 Å². The predicted octanol–water partition coefficient (Wildman–Crippen LogP) is 2.05. The zero-order valence-corrected chi connectivity index (χ0v) is 13.2. The fourth-order valence-corrected chi connectivity index (χ4v) is 1.49. The van der Waals surface area contributed by atoms with Crippen molar-refractivity contribution in [1.82, 2.24) is 0 Å². The van der Waals surface area contributed by atoms with Crippen LogP contribution in [0, 0.1) is 20.2 Å². The van der Waals surface area contributed by atoms with Crippen molar-refractivity contribution in [3.63, 3.8) is 0 Å². The van der Waals surface area contributed by atoms with E-state index in [1.54, 1.807) is 0 Å². The maximum atomic E-state index is 11.5. The van der Waals surface area contributed by atoms with Crippen LogP contribution >= 0.6 is 0 Å². The Balaban J connectivity index is 0.000000765. The summed E-state index contributed by atoms with van der Waals surface area (Å²) in [6.45, 7) is -0.250. The molecule has 2 aromatic rings. The first-order valence-corrected chi connectivity index (χ1v) is 6.97. The van der Waals surface area contributed by atoms with Gasteiger partial charge in [0, 0.05) is 24.3 Å². The monoisotopic (exact) mass is 366 g/mol. The Hall–Kier alpha value is -3.57. The summed E-state index contributed by atoms with van der Waals surface area (Å²) in [4.78, 5) is 31.3. The predicted molar refractivity (Wildman–Crippen MR) is 87.0 cm³/mol. The molecule has 2 N–H and O–H groups in total. The standard InChI is InChI=1S/C13H8N2O7.C2H6O2/c16-13(21-11-5-1-9(2-6-11)14(17)18)22-12-7-3-10(4-8-12)15(19)20;3-1-2-4/h1-8H;3-4H,1-2H2. The van der Waals surface area contributed by atoms with Crippen molar-refractivity contribution in [2.75, 3.05) is 13.2 Å². The molecule has 2 aromatic carbocycles. The summed E-state index contributed by atoms with van der Waals surface area (Å²) in [6.07, 6.45) is -1.07. The molecule has 0 aromatic heterocycles. The van der Waals surface area contributed by atoms with Gasteiger partial charge >= 0.3 is 6.16 Å². The van der Waals surface area contributed by atoms with Gasteiger partial charge in [0.2, 0.25) is 0 Å². The molecule has 0 aliphatic rings. The summed E-state index contributed by atoms with van der Waals surface area (Å²) in [5.74, 6) is 0.134. The topological polar surface area (TPSA) is 162 Å². The normalized spacial score (nSPS) is 9.46. The van der Waals surface area contributed by atoms with Crippen LogP contribution in [0.1, 0.15) is 0 Å². The molecule has 0 heterocycles. The smallest absolute Gasteiger partial charge is 0.395 e. The highest BCUT2D eigenvalue weighted by atomic mass is 16.7. The van der Waals surface area contributed by atoms with Crippen LogP contribution in [0.2, 0.25) is 0 Å². The first-order valence-electron chi connectivity index (χ1n) is 6.97. The van der Waals surface area contributed by atoms with Gasteiger partial charge in [-0.3, -0.25) is 20.2 Å². The minimum absolute atomic E-state index is 0.0671. The maximum Gasteiger partial charge on any atom is 0.519 e. The Labute approximate surface area is 146 Å². The van der Waals surface area contributed by atoms with Crippen molar-refractivity contribution in [2.24, 2.45) is 0 Å². The average molecular weight is 366 g/mol. The third-order valence-corrected chi connectivity index (χ3v) is 2.60. The molecule has 0 aliphatic carbocycles. The fraction of sp³-hybridized carbons (Fsp3) is 0.133. The third-order valence-electron chi connectivity index (χ3n) is 2.60. The number of nitro groups is 2. The van der Waals surface area contributed by atoms with E-state index in [-0.39, 0.29) is 36.1 Å². The Morgan fingerprint density at radius 2 is 1.08 bits per heavy atom. The van der Waals surface area contributed by atoms with Gasteiger partial charge in [-0.1, -0.05) is 0 Å². The van der Waals surface area contributed by atoms with Crippen LogP contribution in [-0.2, 0) is 0 Å². The van der Waals surface area contributed by atoms with Gasteiger partial charge < -0.3 is 19.7 Å². The van der Waals surface area contributed by atoms with Crippen molar-refractivity contribution < 1.29 is 34.3 Å². The second-order valence-corrected chi connectivity index (χ2v) is 4.40. The highest BCUT2D eigenvalue weighted by molar-refractivity contribution is 5.67. The lowest BCUT2D eigenvalue weighted by molar-refractivity contribution is -0.385. The van der Waals surface area contributed by atoms with Crippen LogP contribution in [0.3, 0.4) is 0 Å². The number of nitrogens with zero attached hydrogens (tertiary/aromatic N) is 2. The summed E-state index contributed by atoms with van der Waals surface area (Å²) >= 11 is 0. The SMILES string of the molecule is O=C(Oc1ccc([N+](=O)[O-])cc1)Oc1ccc([N+](=O)[O-])cc1.OCCO. The number of carbonyl (C=O) groups excluding carboxylic acids is 1. The second-order valence-electron chi connectivity index (χ2n) is 4.40. The molecule has 0 amide bonds. The van der Waals surface area contributed by atoms with Gasteiger partial charge in [0.25, 0.3) is 11.4 Å². The van der Waals surface area contributed by atoms with E-state index in [2.05, 4.69) is 0 Å². The Bertz CT molecular complexity index is 681. The summed E-state index contributed by atoms with van der Waals surface area (Å²) in [5, 5.41) is 36.2. The summed E-state index contributed by atoms with van der Waals surface area (Å²) in [5.41, 5.74) is -0.285. The molecule has 0 atom stereocenters. The molecule has 0 spiro atoms. The van der Waals surface area contributed by atoms with E-state index in [1.807, 2.05) is 0 Å². The van der Waals surface area contributed by atoms with Crippen LogP contribution in [-0.4, -0.2) is 39.4 Å². The molecule has 11 heteroatoms. The number of rotatable bonds is 5. The van der Waals surface area contributed by atoms with Crippen molar-refractivity contribution in [2.45, 2.75) is 0 Å². The van der Waals surface area contributed by atoms with E-state index in [9.17, 15) is 25.0 Å². The van der Waals surface area contributed by atoms with E-state index in [4.69, 9.17) is 19.7 Å². The van der Waals surface area contributed by atoms with E-state index in [0.717, 1.165) is 0 Å². The fourth-order valence-electron chi connectivity index (χ4n) is 1.49. The Morgan fingerprint density at radius 1 is 0.769 bits per heavy atom. The third kappa shape index (κ3) is 6.90. The van der Waals surface area contributed by atoms with Gasteiger partial charge in [-0.2, -0.15) is 0 Å². The van der Waals surface area contributed by atoms with Crippen LogP contribution in [0.5, 0.6) is 11.5 Å². The van der Waals surface area contributed by atoms with Crippen LogP contribution < -0.4 is 9.47 Å². The van der Waals surface area contributed by atoms with Gasteiger partial charge in [0.1, 0.15) is 11.5 Å². The summed E-state index contributed by atoms with van der Waals surface area (Å²) in [6, 6.07) is 9.68. The zero-order valence-electron chi connectivity index (χ0n) is 13.2. The molecule has 0 saturated carbocycles. The van der Waals surface area contributed by atoms with Crippen LogP contribution in [0.4, 0.5) is 16.2 Å². The van der Waals surface area contributed by atoms with Gasteiger partial charge in [0.15, 0.2) is 0 Å². The zero-order chi connectivity index (χ0) is 19.5. The number of hydrogen-bond acceptors (Lipinski definition) is 9.